The van der Waals surface area contributed by atoms with Crippen LogP contribution in [-0.2, 0) is 11.3 Å². The summed E-state index contributed by atoms with van der Waals surface area (Å²) in [5, 5.41) is 3.98. The van der Waals surface area contributed by atoms with E-state index in [9.17, 15) is 4.79 Å². The van der Waals surface area contributed by atoms with Gasteiger partial charge in [-0.3, -0.25) is 9.69 Å². The number of aromatic nitrogens is 1. The Kier molecular flexibility index (Phi) is 6.03. The number of nitrogens with one attached hydrogen (secondary N) is 1. The quantitative estimate of drug-likeness (QED) is 0.818. The number of rotatable bonds is 5. The van der Waals surface area contributed by atoms with Gasteiger partial charge in [0.2, 0.25) is 5.91 Å². The van der Waals surface area contributed by atoms with Crippen LogP contribution in [0.3, 0.4) is 0 Å². The summed E-state index contributed by atoms with van der Waals surface area (Å²) in [5.41, 5.74) is 1.35. The number of carbonyl (C=O) groups excluding carboxylic acids is 1. The third kappa shape index (κ3) is 4.58. The molecule has 0 atom stereocenters. The normalized spacial score (nSPS) is 10.8. The lowest BCUT2D eigenvalue weighted by atomic mass is 10.2. The van der Waals surface area contributed by atoms with Crippen molar-refractivity contribution in [3.63, 3.8) is 0 Å². The Morgan fingerprint density at radius 1 is 1.23 bits per heavy atom. The maximum atomic E-state index is 12.0. The molecule has 0 radical (unpaired) electrons. The van der Waals surface area contributed by atoms with Gasteiger partial charge in [0.25, 0.3) is 0 Å². The van der Waals surface area contributed by atoms with Gasteiger partial charge in [0, 0.05) is 12.7 Å². The largest absolute Gasteiger partial charge is 0.322 e. The van der Waals surface area contributed by atoms with Crippen molar-refractivity contribution in [2.45, 2.75) is 6.54 Å². The van der Waals surface area contributed by atoms with E-state index in [0.29, 0.717) is 22.3 Å². The summed E-state index contributed by atoms with van der Waals surface area (Å²) in [5.74, 6) is -0.185. The average Bonchev–Trinajstić information content (AvgIpc) is 2.46. The fourth-order valence-electron chi connectivity index (χ4n) is 1.93. The molecule has 7 heteroatoms. The molecular weight excluding hydrogens is 345 g/mol. The highest BCUT2D eigenvalue weighted by Gasteiger charge is 2.12. The second-order valence-corrected chi connectivity index (χ2v) is 5.92. The molecule has 0 unspecified atom stereocenters. The minimum absolute atomic E-state index is 0.185. The number of hydrogen-bond acceptors (Lipinski definition) is 3. The highest BCUT2D eigenvalue weighted by molar-refractivity contribution is 6.42. The molecule has 0 spiro atoms. The zero-order valence-electron chi connectivity index (χ0n) is 11.8. The van der Waals surface area contributed by atoms with Crippen LogP contribution in [0.25, 0.3) is 0 Å². The third-order valence-electron chi connectivity index (χ3n) is 2.92. The van der Waals surface area contributed by atoms with Crippen LogP contribution < -0.4 is 5.32 Å². The number of amides is 1. The first-order valence-corrected chi connectivity index (χ1v) is 7.62. The lowest BCUT2D eigenvalue weighted by molar-refractivity contribution is -0.117. The van der Waals surface area contributed by atoms with Gasteiger partial charge in [-0.2, -0.15) is 0 Å². The lowest BCUT2D eigenvalue weighted by Crippen LogP contribution is -2.30. The lowest BCUT2D eigenvalue weighted by Gasteiger charge is -2.17. The van der Waals surface area contributed by atoms with Crippen LogP contribution in [0.15, 0.2) is 36.5 Å². The Hall–Kier alpha value is -1.33. The minimum Gasteiger partial charge on any atom is -0.322 e. The van der Waals surface area contributed by atoms with Gasteiger partial charge in [0.05, 0.1) is 22.3 Å². The van der Waals surface area contributed by atoms with E-state index in [1.807, 2.05) is 24.1 Å². The van der Waals surface area contributed by atoms with Crippen molar-refractivity contribution in [3.05, 3.63) is 57.3 Å². The molecule has 1 N–H and O–H groups in total. The zero-order chi connectivity index (χ0) is 16.1. The first-order valence-electron chi connectivity index (χ1n) is 6.49. The summed E-state index contributed by atoms with van der Waals surface area (Å²) in [6.45, 7) is 0.696. The van der Waals surface area contributed by atoms with Crippen molar-refractivity contribution in [3.8, 4) is 0 Å². The van der Waals surface area contributed by atoms with Crippen molar-refractivity contribution in [2.24, 2.45) is 0 Å². The zero-order valence-corrected chi connectivity index (χ0v) is 14.1. The molecule has 2 aromatic rings. The summed E-state index contributed by atoms with van der Waals surface area (Å²) in [4.78, 5) is 17.8. The molecule has 1 heterocycles. The van der Waals surface area contributed by atoms with Gasteiger partial charge in [-0.1, -0.05) is 46.9 Å². The molecule has 0 saturated heterocycles. The van der Waals surface area contributed by atoms with Gasteiger partial charge in [-0.05, 0) is 30.8 Å². The number of pyridine rings is 1. The van der Waals surface area contributed by atoms with Crippen molar-refractivity contribution in [1.29, 1.82) is 0 Å². The second-order valence-electron chi connectivity index (χ2n) is 4.78. The molecule has 116 valence electrons. The van der Waals surface area contributed by atoms with E-state index in [2.05, 4.69) is 10.3 Å². The first-order chi connectivity index (χ1) is 10.5. The van der Waals surface area contributed by atoms with E-state index in [0.717, 1.165) is 5.56 Å². The number of benzene rings is 1. The molecule has 1 aromatic carbocycles. The summed E-state index contributed by atoms with van der Waals surface area (Å²) in [7, 11) is 1.82. The molecule has 22 heavy (non-hydrogen) atoms. The second kappa shape index (κ2) is 7.79. The highest BCUT2D eigenvalue weighted by atomic mass is 35.5. The standard InChI is InChI=1S/C15H14Cl3N3O/c1-21(8-10-4-2-5-11(16)14(10)17)9-13(22)20-12-6-3-7-19-15(12)18/h2-7H,8-9H2,1H3,(H,20,22). The van der Waals surface area contributed by atoms with E-state index >= 15 is 0 Å². The molecule has 0 aliphatic heterocycles. The van der Waals surface area contributed by atoms with Crippen molar-refractivity contribution < 1.29 is 4.79 Å². The maximum Gasteiger partial charge on any atom is 0.238 e. The fraction of sp³-hybridized carbons (Fsp3) is 0.200. The van der Waals surface area contributed by atoms with Crippen molar-refractivity contribution in [2.75, 3.05) is 18.9 Å². The van der Waals surface area contributed by atoms with Crippen molar-refractivity contribution in [1.82, 2.24) is 9.88 Å². The Morgan fingerprint density at radius 3 is 2.73 bits per heavy atom. The first kappa shape index (κ1) is 17.0. The van der Waals surface area contributed by atoms with Crippen LogP contribution in [-0.4, -0.2) is 29.4 Å². The summed E-state index contributed by atoms with van der Waals surface area (Å²) >= 11 is 18.0. The van der Waals surface area contributed by atoms with Crippen LogP contribution in [0, 0.1) is 0 Å². The SMILES string of the molecule is CN(CC(=O)Nc1cccnc1Cl)Cc1cccc(Cl)c1Cl. The van der Waals surface area contributed by atoms with E-state index in [-0.39, 0.29) is 17.6 Å². The Balaban J connectivity index is 1.94. The van der Waals surface area contributed by atoms with Crippen molar-refractivity contribution >= 4 is 46.4 Å². The predicted molar refractivity (Wildman–Crippen MR) is 90.7 cm³/mol. The number of anilines is 1. The number of hydrogen-bond donors (Lipinski definition) is 1. The molecule has 0 fully saturated rings. The molecule has 4 nitrogen and oxygen atoms in total. The molecule has 2 rings (SSSR count). The monoisotopic (exact) mass is 357 g/mol. The topological polar surface area (TPSA) is 45.2 Å². The Labute approximate surface area is 144 Å². The smallest absolute Gasteiger partial charge is 0.238 e. The number of halogens is 3. The van der Waals surface area contributed by atoms with Gasteiger partial charge >= 0.3 is 0 Å². The van der Waals surface area contributed by atoms with Crippen LogP contribution in [0.1, 0.15) is 5.56 Å². The molecule has 1 amide bonds. The van der Waals surface area contributed by atoms with Crippen LogP contribution >= 0.6 is 34.8 Å². The van der Waals surface area contributed by atoms with Gasteiger partial charge in [0.1, 0.15) is 0 Å². The highest BCUT2D eigenvalue weighted by Crippen LogP contribution is 2.26. The minimum atomic E-state index is -0.185. The van der Waals surface area contributed by atoms with Gasteiger partial charge in [0.15, 0.2) is 5.15 Å². The number of likely N-dealkylation sites (N-methyl/N-ethyl adjacent to an activating group) is 1. The molecule has 0 aliphatic rings. The predicted octanol–water partition coefficient (Wildman–Crippen LogP) is 4.11. The van der Waals surface area contributed by atoms with E-state index < -0.39 is 0 Å². The van der Waals surface area contributed by atoms with Gasteiger partial charge < -0.3 is 5.32 Å². The van der Waals surface area contributed by atoms with E-state index in [1.165, 1.54) is 0 Å². The number of nitrogens with zero attached hydrogens (tertiary/aromatic N) is 2. The third-order valence-corrected chi connectivity index (χ3v) is 4.08. The Morgan fingerprint density at radius 2 is 2.00 bits per heavy atom. The Bertz CT molecular complexity index is 679. The maximum absolute atomic E-state index is 12.0. The van der Waals surface area contributed by atoms with Crippen LogP contribution in [0.5, 0.6) is 0 Å². The fourth-order valence-corrected chi connectivity index (χ4v) is 2.48. The molecule has 0 bridgehead atoms. The average molecular weight is 359 g/mol. The summed E-state index contributed by atoms with van der Waals surface area (Å²) < 4.78 is 0. The molecule has 0 saturated carbocycles. The molecular formula is C15H14Cl3N3O. The van der Waals surface area contributed by atoms with Gasteiger partial charge in [-0.25, -0.2) is 4.98 Å². The van der Waals surface area contributed by atoms with Gasteiger partial charge in [-0.15, -0.1) is 0 Å². The molecule has 0 aliphatic carbocycles. The summed E-state index contributed by atoms with van der Waals surface area (Å²) in [6, 6.07) is 8.83. The number of carbonyl (C=O) groups is 1. The summed E-state index contributed by atoms with van der Waals surface area (Å²) in [6.07, 6.45) is 1.56. The van der Waals surface area contributed by atoms with Crippen LogP contribution in [0.4, 0.5) is 5.69 Å². The van der Waals surface area contributed by atoms with Crippen LogP contribution in [0.2, 0.25) is 15.2 Å². The molecule has 1 aromatic heterocycles. The van der Waals surface area contributed by atoms with E-state index in [1.54, 1.807) is 24.4 Å². The van der Waals surface area contributed by atoms with E-state index in [4.69, 9.17) is 34.8 Å².